The number of carbonyl (C=O) groups excluding carboxylic acids is 1. The van der Waals surface area contributed by atoms with Gasteiger partial charge in [0.25, 0.3) is 0 Å². The summed E-state index contributed by atoms with van der Waals surface area (Å²) in [5.74, 6) is 1.12. The van der Waals surface area contributed by atoms with Crippen molar-refractivity contribution in [3.05, 3.63) is 17.0 Å². The molecule has 1 amide bonds. The van der Waals surface area contributed by atoms with Crippen LogP contribution in [0.5, 0.6) is 0 Å². The van der Waals surface area contributed by atoms with Crippen LogP contribution in [0.15, 0.2) is 4.99 Å². The largest absolute Gasteiger partial charge is 0.357 e. The van der Waals surface area contributed by atoms with Gasteiger partial charge >= 0.3 is 0 Å². The van der Waals surface area contributed by atoms with Gasteiger partial charge in [-0.05, 0) is 39.2 Å². The Bertz CT molecular complexity index is 655. The number of rotatable bonds is 6. The highest BCUT2D eigenvalue weighted by atomic mass is 127. The molecule has 1 aliphatic heterocycles. The summed E-state index contributed by atoms with van der Waals surface area (Å²) in [5.41, 5.74) is 3.56. The quantitative estimate of drug-likeness (QED) is 0.364. The number of nitrogens with one attached hydrogen (secondary N) is 2. The summed E-state index contributed by atoms with van der Waals surface area (Å²) in [7, 11) is 1.98. The third-order valence-electron chi connectivity index (χ3n) is 4.97. The molecule has 154 valence electrons. The van der Waals surface area contributed by atoms with Crippen molar-refractivity contribution >= 4 is 35.8 Å². The van der Waals surface area contributed by atoms with Gasteiger partial charge in [-0.15, -0.1) is 24.0 Å². The molecule has 1 unspecified atom stereocenters. The number of guanidine groups is 1. The van der Waals surface area contributed by atoms with Crippen molar-refractivity contribution in [2.75, 3.05) is 26.2 Å². The van der Waals surface area contributed by atoms with Gasteiger partial charge in [0.2, 0.25) is 5.91 Å². The molecule has 0 aromatic carbocycles. The highest BCUT2D eigenvalue weighted by molar-refractivity contribution is 14.0. The molecule has 0 spiro atoms. The fraction of sp³-hybridized carbons (Fsp3) is 0.737. The van der Waals surface area contributed by atoms with Crippen molar-refractivity contribution in [1.29, 1.82) is 0 Å². The molecule has 0 bridgehead atoms. The van der Waals surface area contributed by atoms with E-state index in [1.165, 1.54) is 11.3 Å². The summed E-state index contributed by atoms with van der Waals surface area (Å²) in [6, 6.07) is 0.261. The second-order valence-electron chi connectivity index (χ2n) is 7.35. The Morgan fingerprint density at radius 1 is 1.37 bits per heavy atom. The third-order valence-corrected chi connectivity index (χ3v) is 4.97. The lowest BCUT2D eigenvalue weighted by molar-refractivity contribution is -0.133. The SMILES string of the molecule is CCNC(=NCCc1c(C)nn(C)c1C)NC1CCN(C(=O)C(C)C)C1.I. The lowest BCUT2D eigenvalue weighted by Crippen LogP contribution is -2.45. The molecule has 2 heterocycles. The standard InChI is InChI=1S/C19H34N6O.HI/c1-7-20-19(21-10-8-17-14(4)23-24(6)15(17)5)22-16-9-11-25(12-16)18(26)13(2)3;/h13,16H,7-12H2,1-6H3,(H2,20,21,22);1H. The average Bonchev–Trinajstić information content (AvgIpc) is 3.14. The van der Waals surface area contributed by atoms with E-state index in [-0.39, 0.29) is 41.8 Å². The fourth-order valence-electron chi connectivity index (χ4n) is 3.42. The summed E-state index contributed by atoms with van der Waals surface area (Å²) < 4.78 is 1.93. The summed E-state index contributed by atoms with van der Waals surface area (Å²) in [6.45, 7) is 13.2. The summed E-state index contributed by atoms with van der Waals surface area (Å²) in [5, 5.41) is 11.3. The molecule has 0 aliphatic carbocycles. The maximum Gasteiger partial charge on any atom is 0.225 e. The molecular weight excluding hydrogens is 455 g/mol. The summed E-state index contributed by atoms with van der Waals surface area (Å²) in [4.78, 5) is 18.8. The molecule has 27 heavy (non-hydrogen) atoms. The number of halogens is 1. The number of aliphatic imine (C=N–C) groups is 1. The van der Waals surface area contributed by atoms with Crippen LogP contribution in [0.4, 0.5) is 0 Å². The van der Waals surface area contributed by atoms with Gasteiger partial charge < -0.3 is 15.5 Å². The zero-order valence-electron chi connectivity index (χ0n) is 17.5. The van der Waals surface area contributed by atoms with Crippen molar-refractivity contribution in [3.63, 3.8) is 0 Å². The Kier molecular flexibility index (Phi) is 9.55. The summed E-state index contributed by atoms with van der Waals surface area (Å²) >= 11 is 0. The van der Waals surface area contributed by atoms with Crippen LogP contribution >= 0.6 is 24.0 Å². The van der Waals surface area contributed by atoms with Crippen LogP contribution in [0.25, 0.3) is 0 Å². The highest BCUT2D eigenvalue weighted by Gasteiger charge is 2.27. The molecule has 0 saturated carbocycles. The Balaban J connectivity index is 0.00000364. The fourth-order valence-corrected chi connectivity index (χ4v) is 3.42. The van der Waals surface area contributed by atoms with Crippen LogP contribution < -0.4 is 10.6 Å². The lowest BCUT2D eigenvalue weighted by Gasteiger charge is -2.20. The number of nitrogens with zero attached hydrogens (tertiary/aromatic N) is 4. The number of likely N-dealkylation sites (tertiary alicyclic amines) is 1. The maximum atomic E-state index is 12.1. The van der Waals surface area contributed by atoms with Crippen LogP contribution in [0.2, 0.25) is 0 Å². The number of carbonyl (C=O) groups is 1. The lowest BCUT2D eigenvalue weighted by atomic mass is 10.1. The van der Waals surface area contributed by atoms with Gasteiger partial charge in [0, 0.05) is 50.9 Å². The van der Waals surface area contributed by atoms with Gasteiger partial charge in [-0.25, -0.2) is 0 Å². The average molecular weight is 490 g/mol. The second kappa shape index (κ2) is 10.9. The Morgan fingerprint density at radius 3 is 2.63 bits per heavy atom. The number of hydrogen-bond acceptors (Lipinski definition) is 3. The first-order chi connectivity index (χ1) is 12.3. The van der Waals surface area contributed by atoms with Crippen molar-refractivity contribution in [2.24, 2.45) is 18.0 Å². The van der Waals surface area contributed by atoms with Crippen molar-refractivity contribution in [3.8, 4) is 0 Å². The molecule has 1 aromatic rings. The van der Waals surface area contributed by atoms with Crippen LogP contribution in [0, 0.1) is 19.8 Å². The minimum Gasteiger partial charge on any atom is -0.357 e. The van der Waals surface area contributed by atoms with E-state index in [0.717, 1.165) is 44.1 Å². The minimum absolute atomic E-state index is 0. The number of aryl methyl sites for hydroxylation is 2. The third kappa shape index (κ3) is 6.36. The molecule has 7 nitrogen and oxygen atoms in total. The van der Waals surface area contributed by atoms with Gasteiger partial charge in [-0.3, -0.25) is 14.5 Å². The number of aromatic nitrogens is 2. The van der Waals surface area contributed by atoms with Crippen molar-refractivity contribution in [1.82, 2.24) is 25.3 Å². The predicted octanol–water partition coefficient (Wildman–Crippen LogP) is 2.01. The molecule has 1 atom stereocenters. The van der Waals surface area contributed by atoms with E-state index in [9.17, 15) is 4.79 Å². The van der Waals surface area contributed by atoms with Crippen molar-refractivity contribution in [2.45, 2.75) is 53.5 Å². The molecular formula is C19H35IN6O. The van der Waals surface area contributed by atoms with Gasteiger partial charge in [-0.2, -0.15) is 5.10 Å². The number of hydrogen-bond donors (Lipinski definition) is 2. The smallest absolute Gasteiger partial charge is 0.225 e. The Labute approximate surface area is 180 Å². The van der Waals surface area contributed by atoms with E-state index in [0.29, 0.717) is 6.54 Å². The van der Waals surface area contributed by atoms with E-state index >= 15 is 0 Å². The Hall–Kier alpha value is -1.32. The van der Waals surface area contributed by atoms with E-state index in [4.69, 9.17) is 4.99 Å². The first-order valence-electron chi connectivity index (χ1n) is 9.66. The topological polar surface area (TPSA) is 74.6 Å². The van der Waals surface area contributed by atoms with Gasteiger partial charge in [-0.1, -0.05) is 13.8 Å². The van der Waals surface area contributed by atoms with Crippen LogP contribution in [0.1, 0.15) is 44.1 Å². The minimum atomic E-state index is 0. The zero-order valence-corrected chi connectivity index (χ0v) is 19.8. The molecule has 1 aromatic heterocycles. The van der Waals surface area contributed by atoms with Gasteiger partial charge in [0.1, 0.15) is 0 Å². The zero-order chi connectivity index (χ0) is 19.3. The van der Waals surface area contributed by atoms with E-state index in [1.54, 1.807) is 0 Å². The Morgan fingerprint density at radius 2 is 2.07 bits per heavy atom. The molecule has 1 fully saturated rings. The van der Waals surface area contributed by atoms with E-state index < -0.39 is 0 Å². The second-order valence-corrected chi connectivity index (χ2v) is 7.35. The monoisotopic (exact) mass is 490 g/mol. The van der Waals surface area contributed by atoms with Crippen molar-refractivity contribution < 1.29 is 4.79 Å². The van der Waals surface area contributed by atoms with E-state index in [1.807, 2.05) is 37.4 Å². The molecule has 1 saturated heterocycles. The van der Waals surface area contributed by atoms with Crippen LogP contribution in [-0.2, 0) is 18.3 Å². The van der Waals surface area contributed by atoms with Gasteiger partial charge in [0.15, 0.2) is 5.96 Å². The molecule has 2 N–H and O–H groups in total. The molecule has 2 rings (SSSR count). The van der Waals surface area contributed by atoms with Crippen LogP contribution in [-0.4, -0.2) is 58.8 Å². The molecule has 0 radical (unpaired) electrons. The predicted molar refractivity (Wildman–Crippen MR) is 121 cm³/mol. The maximum absolute atomic E-state index is 12.1. The summed E-state index contributed by atoms with van der Waals surface area (Å²) in [6.07, 6.45) is 1.84. The molecule has 1 aliphatic rings. The van der Waals surface area contributed by atoms with Gasteiger partial charge in [0.05, 0.1) is 5.69 Å². The van der Waals surface area contributed by atoms with Crippen LogP contribution in [0.3, 0.4) is 0 Å². The normalized spacial score (nSPS) is 17.2. The molecule has 8 heteroatoms. The van der Waals surface area contributed by atoms with E-state index in [2.05, 4.69) is 29.6 Å². The highest BCUT2D eigenvalue weighted by Crippen LogP contribution is 2.14. The first kappa shape index (κ1) is 23.7. The first-order valence-corrected chi connectivity index (χ1v) is 9.66. The number of amides is 1.